The van der Waals surface area contributed by atoms with Gasteiger partial charge in [0.1, 0.15) is 18.1 Å². The van der Waals surface area contributed by atoms with E-state index in [2.05, 4.69) is 10.6 Å². The van der Waals surface area contributed by atoms with Crippen molar-refractivity contribution >= 4 is 34.8 Å². The van der Waals surface area contributed by atoms with Crippen LogP contribution in [-0.4, -0.2) is 24.5 Å². The van der Waals surface area contributed by atoms with Crippen LogP contribution in [0.4, 0.5) is 11.4 Å². The molecule has 0 saturated carbocycles. The minimum Gasteiger partial charge on any atom is -0.492 e. The maximum atomic E-state index is 12.6. The highest BCUT2D eigenvalue weighted by Gasteiger charge is 2.27. The number of carbonyl (C=O) groups excluding carboxylic acids is 2. The van der Waals surface area contributed by atoms with Gasteiger partial charge in [-0.3, -0.25) is 9.59 Å². The van der Waals surface area contributed by atoms with Gasteiger partial charge in [0.2, 0.25) is 5.91 Å². The lowest BCUT2D eigenvalue weighted by molar-refractivity contribution is -0.123. The number of amides is 2. The van der Waals surface area contributed by atoms with E-state index in [4.69, 9.17) is 21.1 Å². The first kappa shape index (κ1) is 16.7. The number of nitrogens with one attached hydrogen (secondary N) is 2. The molecule has 0 spiro atoms. The number of benzene rings is 2. The lowest BCUT2D eigenvalue weighted by Gasteiger charge is -2.26. The van der Waals surface area contributed by atoms with Crippen LogP contribution in [0.3, 0.4) is 0 Å². The lowest BCUT2D eigenvalue weighted by atomic mass is 9.96. The van der Waals surface area contributed by atoms with Crippen LogP contribution >= 0.6 is 11.6 Å². The lowest BCUT2D eigenvalue weighted by Crippen LogP contribution is -2.34. The summed E-state index contributed by atoms with van der Waals surface area (Å²) in [4.78, 5) is 24.3. The van der Waals surface area contributed by atoms with E-state index in [0.29, 0.717) is 35.2 Å². The SMILES string of the molecule is C[C@H]1Oc2ccc(NC(=O)[C@@H]3COc4ccc(Cl)cc4C3)cc2NC1=O. The van der Waals surface area contributed by atoms with E-state index in [9.17, 15) is 9.59 Å². The summed E-state index contributed by atoms with van der Waals surface area (Å²) >= 11 is 6.02. The van der Waals surface area contributed by atoms with Gasteiger partial charge in [0, 0.05) is 10.7 Å². The molecule has 0 bridgehead atoms. The highest BCUT2D eigenvalue weighted by atomic mass is 35.5. The number of ether oxygens (including phenoxy) is 2. The minimum absolute atomic E-state index is 0.146. The molecular weight excluding hydrogens is 356 g/mol. The molecular formula is C19H17ClN2O4. The second kappa shape index (κ2) is 6.53. The van der Waals surface area contributed by atoms with Gasteiger partial charge in [0.25, 0.3) is 5.91 Å². The van der Waals surface area contributed by atoms with Crippen molar-refractivity contribution in [3.8, 4) is 11.5 Å². The van der Waals surface area contributed by atoms with Crippen LogP contribution in [0.15, 0.2) is 36.4 Å². The number of carbonyl (C=O) groups is 2. The van der Waals surface area contributed by atoms with E-state index in [1.807, 2.05) is 12.1 Å². The molecule has 6 nitrogen and oxygen atoms in total. The Labute approximate surface area is 155 Å². The fourth-order valence-electron chi connectivity index (χ4n) is 3.06. The first-order valence-corrected chi connectivity index (χ1v) is 8.71. The fraction of sp³-hybridized carbons (Fsp3) is 0.263. The Morgan fingerprint density at radius 1 is 1.23 bits per heavy atom. The quantitative estimate of drug-likeness (QED) is 0.848. The molecule has 7 heteroatoms. The number of anilines is 2. The Morgan fingerprint density at radius 2 is 2.04 bits per heavy atom. The smallest absolute Gasteiger partial charge is 0.265 e. The van der Waals surface area contributed by atoms with E-state index in [1.165, 1.54) is 0 Å². The molecule has 2 aliphatic heterocycles. The zero-order chi connectivity index (χ0) is 18.3. The summed E-state index contributed by atoms with van der Waals surface area (Å²) < 4.78 is 11.2. The van der Waals surface area contributed by atoms with Gasteiger partial charge in [-0.2, -0.15) is 0 Å². The van der Waals surface area contributed by atoms with Crippen LogP contribution in [0.2, 0.25) is 5.02 Å². The highest BCUT2D eigenvalue weighted by molar-refractivity contribution is 6.30. The molecule has 0 radical (unpaired) electrons. The third-order valence-electron chi connectivity index (χ3n) is 4.48. The summed E-state index contributed by atoms with van der Waals surface area (Å²) in [6.45, 7) is 1.99. The third-order valence-corrected chi connectivity index (χ3v) is 4.71. The molecule has 2 aromatic rings. The number of fused-ring (bicyclic) bond motifs is 2. The van der Waals surface area contributed by atoms with Gasteiger partial charge in [-0.15, -0.1) is 0 Å². The maximum Gasteiger partial charge on any atom is 0.265 e. The average molecular weight is 373 g/mol. The minimum atomic E-state index is -0.533. The summed E-state index contributed by atoms with van der Waals surface area (Å²) in [6, 6.07) is 10.6. The Kier molecular flexibility index (Phi) is 4.20. The summed E-state index contributed by atoms with van der Waals surface area (Å²) in [5.41, 5.74) is 2.05. The summed E-state index contributed by atoms with van der Waals surface area (Å²) in [6.07, 6.45) is 0.0264. The summed E-state index contributed by atoms with van der Waals surface area (Å²) in [7, 11) is 0. The standard InChI is InChI=1S/C19H17ClN2O4/c1-10-18(23)22-15-8-14(3-5-17(15)26-10)21-19(24)12-6-11-7-13(20)2-4-16(11)25-9-12/h2-5,7-8,10,12H,6,9H2,1H3,(H,21,24)(H,22,23)/t10-,12+/m1/s1. The molecule has 2 aromatic carbocycles. The Morgan fingerprint density at radius 3 is 2.88 bits per heavy atom. The van der Waals surface area contributed by atoms with Gasteiger partial charge in [0.05, 0.1) is 11.6 Å². The van der Waals surface area contributed by atoms with Crippen molar-refractivity contribution in [3.05, 3.63) is 47.0 Å². The molecule has 0 aromatic heterocycles. The molecule has 0 aliphatic carbocycles. The first-order chi connectivity index (χ1) is 12.5. The van der Waals surface area contributed by atoms with Gasteiger partial charge in [-0.1, -0.05) is 11.6 Å². The monoisotopic (exact) mass is 372 g/mol. The predicted molar refractivity (Wildman–Crippen MR) is 97.9 cm³/mol. The van der Waals surface area contributed by atoms with Crippen LogP contribution in [0.5, 0.6) is 11.5 Å². The number of hydrogen-bond donors (Lipinski definition) is 2. The van der Waals surface area contributed by atoms with Crippen molar-refractivity contribution in [1.29, 1.82) is 0 Å². The van der Waals surface area contributed by atoms with Gasteiger partial charge < -0.3 is 20.1 Å². The molecule has 2 atom stereocenters. The molecule has 26 heavy (non-hydrogen) atoms. The fourth-order valence-corrected chi connectivity index (χ4v) is 3.26. The average Bonchev–Trinajstić information content (AvgIpc) is 2.62. The van der Waals surface area contributed by atoms with Crippen LogP contribution in [-0.2, 0) is 16.0 Å². The second-order valence-electron chi connectivity index (χ2n) is 6.41. The molecule has 0 unspecified atom stereocenters. The van der Waals surface area contributed by atoms with Crippen LogP contribution in [0.1, 0.15) is 12.5 Å². The maximum absolute atomic E-state index is 12.6. The number of rotatable bonds is 2. The zero-order valence-corrected chi connectivity index (χ0v) is 14.8. The molecule has 2 heterocycles. The molecule has 0 saturated heterocycles. The van der Waals surface area contributed by atoms with E-state index in [-0.39, 0.29) is 17.7 Å². The highest BCUT2D eigenvalue weighted by Crippen LogP contribution is 2.33. The predicted octanol–water partition coefficient (Wildman–Crippen LogP) is 3.25. The molecule has 4 rings (SSSR count). The zero-order valence-electron chi connectivity index (χ0n) is 14.0. The molecule has 0 fully saturated rings. The van der Waals surface area contributed by atoms with Crippen molar-refractivity contribution in [2.24, 2.45) is 5.92 Å². The van der Waals surface area contributed by atoms with E-state index < -0.39 is 6.10 Å². The normalized spacial score (nSPS) is 20.8. The second-order valence-corrected chi connectivity index (χ2v) is 6.85. The largest absolute Gasteiger partial charge is 0.492 e. The van der Waals surface area contributed by atoms with E-state index in [1.54, 1.807) is 31.2 Å². The third kappa shape index (κ3) is 3.20. The Bertz CT molecular complexity index is 899. The molecule has 2 aliphatic rings. The van der Waals surface area contributed by atoms with Gasteiger partial charge in [-0.25, -0.2) is 0 Å². The molecule has 2 N–H and O–H groups in total. The van der Waals surface area contributed by atoms with Gasteiger partial charge in [0.15, 0.2) is 6.10 Å². The Balaban J connectivity index is 1.47. The van der Waals surface area contributed by atoms with E-state index in [0.717, 1.165) is 11.3 Å². The van der Waals surface area contributed by atoms with Crippen molar-refractivity contribution < 1.29 is 19.1 Å². The molecule has 2 amide bonds. The summed E-state index contributed by atoms with van der Waals surface area (Å²) in [5.74, 6) is 0.672. The summed E-state index contributed by atoms with van der Waals surface area (Å²) in [5, 5.41) is 6.26. The number of hydrogen-bond acceptors (Lipinski definition) is 4. The van der Waals surface area contributed by atoms with Crippen LogP contribution < -0.4 is 20.1 Å². The molecule has 134 valence electrons. The van der Waals surface area contributed by atoms with Crippen molar-refractivity contribution in [1.82, 2.24) is 0 Å². The van der Waals surface area contributed by atoms with Crippen LogP contribution in [0.25, 0.3) is 0 Å². The van der Waals surface area contributed by atoms with Crippen molar-refractivity contribution in [2.45, 2.75) is 19.4 Å². The van der Waals surface area contributed by atoms with Crippen molar-refractivity contribution in [2.75, 3.05) is 17.2 Å². The Hall–Kier alpha value is -2.73. The van der Waals surface area contributed by atoms with Crippen LogP contribution in [0, 0.1) is 5.92 Å². The van der Waals surface area contributed by atoms with Gasteiger partial charge >= 0.3 is 0 Å². The first-order valence-electron chi connectivity index (χ1n) is 8.33. The van der Waals surface area contributed by atoms with E-state index >= 15 is 0 Å². The number of halogens is 1. The van der Waals surface area contributed by atoms with Crippen molar-refractivity contribution in [3.63, 3.8) is 0 Å². The van der Waals surface area contributed by atoms with Gasteiger partial charge in [-0.05, 0) is 55.3 Å². The topological polar surface area (TPSA) is 76.7 Å².